The van der Waals surface area contributed by atoms with E-state index in [1.807, 2.05) is 13.0 Å². The maximum Gasteiger partial charge on any atom is 0.261 e. The number of rotatable bonds is 5. The van der Waals surface area contributed by atoms with E-state index < -0.39 is 10.0 Å². The molecule has 1 fully saturated rings. The molecule has 3 rings (SSSR count). The van der Waals surface area contributed by atoms with Crippen molar-refractivity contribution < 1.29 is 13.2 Å². The number of anilines is 1. The molecule has 138 valence electrons. The highest BCUT2D eigenvalue weighted by Gasteiger charge is 2.25. The quantitative estimate of drug-likeness (QED) is 0.842. The topological polar surface area (TPSA) is 78.5 Å². The third kappa shape index (κ3) is 4.05. The summed E-state index contributed by atoms with van der Waals surface area (Å²) in [7, 11) is -2.01. The summed E-state index contributed by atoms with van der Waals surface area (Å²) in [6.45, 7) is 3.54. The third-order valence-electron chi connectivity index (χ3n) is 4.56. The number of likely N-dealkylation sites (N-methyl/N-ethyl adjacent to an activating group) is 1. The molecule has 7 heteroatoms. The van der Waals surface area contributed by atoms with Gasteiger partial charge in [-0.1, -0.05) is 18.2 Å². The Morgan fingerprint density at radius 3 is 2.65 bits per heavy atom. The van der Waals surface area contributed by atoms with Crippen LogP contribution in [-0.4, -0.2) is 45.4 Å². The molecule has 0 spiro atoms. The molecule has 0 aliphatic carbocycles. The molecule has 26 heavy (non-hydrogen) atoms. The van der Waals surface area contributed by atoms with Gasteiger partial charge in [0.25, 0.3) is 15.9 Å². The minimum absolute atomic E-state index is 0.0720. The van der Waals surface area contributed by atoms with Crippen molar-refractivity contribution >= 4 is 21.6 Å². The molecule has 0 radical (unpaired) electrons. The number of sulfonamides is 1. The van der Waals surface area contributed by atoms with Crippen LogP contribution in [0.1, 0.15) is 22.3 Å². The number of carbonyl (C=O) groups excluding carboxylic acids is 1. The van der Waals surface area contributed by atoms with Gasteiger partial charge in [-0.15, -0.1) is 0 Å². The molecule has 0 saturated carbocycles. The summed E-state index contributed by atoms with van der Waals surface area (Å²) in [5.41, 5.74) is 1.82. The molecule has 2 aromatic carbocycles. The van der Waals surface area contributed by atoms with Gasteiger partial charge in [0.2, 0.25) is 0 Å². The first kappa shape index (κ1) is 18.4. The first-order valence-corrected chi connectivity index (χ1v) is 10.0. The van der Waals surface area contributed by atoms with Crippen LogP contribution < -0.4 is 10.0 Å². The number of amides is 1. The maximum absolute atomic E-state index is 12.7. The predicted molar refractivity (Wildman–Crippen MR) is 102 cm³/mol. The zero-order valence-electron chi connectivity index (χ0n) is 14.9. The van der Waals surface area contributed by atoms with Crippen molar-refractivity contribution in [2.24, 2.45) is 0 Å². The average molecular weight is 373 g/mol. The standard InChI is InChI=1S/C19H23N3O3S/c1-14-5-3-7-16(11-14)21-26(24,25)18-8-4-6-15(12-18)19(23)22(2)17-9-10-20-13-17/h3-8,11-12,17,20-21H,9-10,13H2,1-2H3. The van der Waals surface area contributed by atoms with Gasteiger partial charge in [-0.2, -0.15) is 0 Å². The average Bonchev–Trinajstić information content (AvgIpc) is 3.15. The highest BCUT2D eigenvalue weighted by Crippen LogP contribution is 2.19. The van der Waals surface area contributed by atoms with Gasteiger partial charge in [-0.25, -0.2) is 8.42 Å². The van der Waals surface area contributed by atoms with Crippen molar-refractivity contribution in [2.45, 2.75) is 24.3 Å². The minimum Gasteiger partial charge on any atom is -0.337 e. The molecule has 0 aromatic heterocycles. The molecule has 1 heterocycles. The van der Waals surface area contributed by atoms with Crippen LogP contribution in [0, 0.1) is 6.92 Å². The molecule has 0 bridgehead atoms. The predicted octanol–water partition coefficient (Wildman–Crippen LogP) is 2.23. The second kappa shape index (κ2) is 7.47. The first-order chi connectivity index (χ1) is 12.4. The molecule has 1 aliphatic heterocycles. The third-order valence-corrected chi connectivity index (χ3v) is 5.94. The highest BCUT2D eigenvalue weighted by molar-refractivity contribution is 7.92. The van der Waals surface area contributed by atoms with Crippen LogP contribution in [0.15, 0.2) is 53.4 Å². The lowest BCUT2D eigenvalue weighted by Crippen LogP contribution is -2.38. The van der Waals surface area contributed by atoms with Crippen LogP contribution in [-0.2, 0) is 10.0 Å². The second-order valence-electron chi connectivity index (χ2n) is 6.57. The minimum atomic E-state index is -3.76. The summed E-state index contributed by atoms with van der Waals surface area (Å²) in [5.74, 6) is -0.175. The number of carbonyl (C=O) groups is 1. The number of aryl methyl sites for hydroxylation is 1. The molecular formula is C19H23N3O3S. The van der Waals surface area contributed by atoms with E-state index >= 15 is 0 Å². The van der Waals surface area contributed by atoms with Crippen molar-refractivity contribution in [1.82, 2.24) is 10.2 Å². The first-order valence-electron chi connectivity index (χ1n) is 8.54. The van der Waals surface area contributed by atoms with Crippen LogP contribution in [0.4, 0.5) is 5.69 Å². The van der Waals surface area contributed by atoms with E-state index in [-0.39, 0.29) is 16.8 Å². The Labute approximate surface area is 154 Å². The SMILES string of the molecule is Cc1cccc(NS(=O)(=O)c2cccc(C(=O)N(C)C3CCNC3)c2)c1. The van der Waals surface area contributed by atoms with Crippen LogP contribution in [0.25, 0.3) is 0 Å². The number of hydrogen-bond acceptors (Lipinski definition) is 4. The van der Waals surface area contributed by atoms with E-state index in [4.69, 9.17) is 0 Å². The van der Waals surface area contributed by atoms with Crippen LogP contribution in [0.5, 0.6) is 0 Å². The van der Waals surface area contributed by atoms with Gasteiger partial charge >= 0.3 is 0 Å². The Morgan fingerprint density at radius 1 is 1.19 bits per heavy atom. The van der Waals surface area contributed by atoms with Gasteiger partial charge in [-0.3, -0.25) is 9.52 Å². The molecule has 2 aromatic rings. The normalized spacial score (nSPS) is 17.1. The summed E-state index contributed by atoms with van der Waals surface area (Å²) in [6, 6.07) is 13.4. The van der Waals surface area contributed by atoms with E-state index in [1.165, 1.54) is 12.1 Å². The van der Waals surface area contributed by atoms with E-state index in [1.54, 1.807) is 42.3 Å². The zero-order chi connectivity index (χ0) is 18.7. The summed E-state index contributed by atoms with van der Waals surface area (Å²) in [5, 5.41) is 3.23. The lowest BCUT2D eigenvalue weighted by molar-refractivity contribution is 0.0743. The van der Waals surface area contributed by atoms with E-state index in [9.17, 15) is 13.2 Å². The molecule has 1 aliphatic rings. The molecule has 1 unspecified atom stereocenters. The Bertz CT molecular complexity index is 906. The number of benzene rings is 2. The summed E-state index contributed by atoms with van der Waals surface area (Å²) in [4.78, 5) is 14.4. The Balaban J connectivity index is 1.82. The fourth-order valence-electron chi connectivity index (χ4n) is 3.06. The number of hydrogen-bond donors (Lipinski definition) is 2. The van der Waals surface area contributed by atoms with Gasteiger partial charge in [-0.05, 0) is 55.8 Å². The van der Waals surface area contributed by atoms with Crippen molar-refractivity contribution in [3.63, 3.8) is 0 Å². The van der Waals surface area contributed by atoms with Gasteiger partial charge in [0.1, 0.15) is 0 Å². The monoisotopic (exact) mass is 373 g/mol. The molecule has 1 saturated heterocycles. The zero-order valence-corrected chi connectivity index (χ0v) is 15.7. The van der Waals surface area contributed by atoms with E-state index in [0.29, 0.717) is 11.3 Å². The Hall–Kier alpha value is -2.38. The molecular weight excluding hydrogens is 350 g/mol. The fourth-order valence-corrected chi connectivity index (χ4v) is 4.15. The van der Waals surface area contributed by atoms with Gasteiger partial charge in [0, 0.05) is 30.9 Å². The summed E-state index contributed by atoms with van der Waals surface area (Å²) >= 11 is 0. The molecule has 6 nitrogen and oxygen atoms in total. The molecule has 2 N–H and O–H groups in total. The number of nitrogens with one attached hydrogen (secondary N) is 2. The second-order valence-corrected chi connectivity index (χ2v) is 8.25. The summed E-state index contributed by atoms with van der Waals surface area (Å²) < 4.78 is 27.9. The molecule has 1 atom stereocenters. The van der Waals surface area contributed by atoms with E-state index in [0.717, 1.165) is 25.1 Å². The van der Waals surface area contributed by atoms with Crippen LogP contribution in [0.2, 0.25) is 0 Å². The summed E-state index contributed by atoms with van der Waals surface area (Å²) in [6.07, 6.45) is 0.898. The lowest BCUT2D eigenvalue weighted by Gasteiger charge is -2.24. The number of nitrogens with zero attached hydrogens (tertiary/aromatic N) is 1. The Kier molecular flexibility index (Phi) is 5.29. The van der Waals surface area contributed by atoms with Crippen molar-refractivity contribution in [2.75, 3.05) is 24.9 Å². The lowest BCUT2D eigenvalue weighted by atomic mass is 10.1. The van der Waals surface area contributed by atoms with Crippen molar-refractivity contribution in [3.05, 3.63) is 59.7 Å². The molecule has 1 amide bonds. The largest absolute Gasteiger partial charge is 0.337 e. The van der Waals surface area contributed by atoms with Crippen molar-refractivity contribution in [3.8, 4) is 0 Å². The smallest absolute Gasteiger partial charge is 0.261 e. The van der Waals surface area contributed by atoms with Gasteiger partial charge < -0.3 is 10.2 Å². The Morgan fingerprint density at radius 2 is 1.96 bits per heavy atom. The van der Waals surface area contributed by atoms with E-state index in [2.05, 4.69) is 10.0 Å². The van der Waals surface area contributed by atoms with Crippen molar-refractivity contribution in [1.29, 1.82) is 0 Å². The highest BCUT2D eigenvalue weighted by atomic mass is 32.2. The van der Waals surface area contributed by atoms with Gasteiger partial charge in [0.05, 0.1) is 4.90 Å². The van der Waals surface area contributed by atoms with Crippen LogP contribution >= 0.6 is 0 Å². The van der Waals surface area contributed by atoms with Crippen LogP contribution in [0.3, 0.4) is 0 Å². The van der Waals surface area contributed by atoms with Gasteiger partial charge in [0.15, 0.2) is 0 Å². The maximum atomic E-state index is 12.7. The fraction of sp³-hybridized carbons (Fsp3) is 0.316.